The van der Waals surface area contributed by atoms with Gasteiger partial charge in [-0.15, -0.1) is 0 Å². The molecule has 9 heteroatoms. The van der Waals surface area contributed by atoms with Crippen molar-refractivity contribution in [3.8, 4) is 16.9 Å². The summed E-state index contributed by atoms with van der Waals surface area (Å²) >= 11 is 11.9. The molecule has 0 saturated heterocycles. The summed E-state index contributed by atoms with van der Waals surface area (Å²) in [5.74, 6) is -1.77. The number of alkyl halides is 2. The van der Waals surface area contributed by atoms with Gasteiger partial charge in [0.2, 0.25) is 5.91 Å². The Labute approximate surface area is 145 Å². The monoisotopic (exact) mass is 377 g/mol. The molecule has 0 atom stereocenters. The fraction of sp³-hybridized carbons (Fsp3) is 0.133. The van der Waals surface area contributed by atoms with Crippen molar-refractivity contribution in [3.05, 3.63) is 52.4 Å². The van der Waals surface area contributed by atoms with Gasteiger partial charge in [0.15, 0.2) is 0 Å². The third kappa shape index (κ3) is 4.52. The van der Waals surface area contributed by atoms with Crippen LogP contribution in [0.2, 0.25) is 10.0 Å². The van der Waals surface area contributed by atoms with Crippen LogP contribution in [-0.2, 0) is 4.79 Å². The lowest BCUT2D eigenvalue weighted by atomic mass is 10.1. The summed E-state index contributed by atoms with van der Waals surface area (Å²) < 4.78 is 43.8. The van der Waals surface area contributed by atoms with Gasteiger partial charge in [-0.25, -0.2) is 13.2 Å². The molecule has 0 aliphatic carbocycles. The number of carbonyl (C=O) groups excluding carboxylic acids is 1. The molecule has 24 heavy (non-hydrogen) atoms. The molecule has 0 aliphatic heterocycles. The van der Waals surface area contributed by atoms with Crippen LogP contribution in [0.5, 0.6) is 5.75 Å². The number of benzene rings is 1. The molecular formula is C15H10Cl2F3N2O2. The molecule has 0 bridgehead atoms. The molecule has 0 unspecified atom stereocenters. The van der Waals surface area contributed by atoms with E-state index in [4.69, 9.17) is 33.7 Å². The van der Waals surface area contributed by atoms with E-state index in [-0.39, 0.29) is 32.6 Å². The SMILES string of the molecule is NC(=O)[CH]c1ncc(-c2cc(Cl)cc(Cl)c2OCC(F)F)cc1F. The topological polar surface area (TPSA) is 65.2 Å². The zero-order chi connectivity index (χ0) is 17.9. The predicted molar refractivity (Wildman–Crippen MR) is 83.7 cm³/mol. The summed E-state index contributed by atoms with van der Waals surface area (Å²) in [7, 11) is 0. The number of aromatic nitrogens is 1. The number of pyridine rings is 1. The normalized spacial score (nSPS) is 10.9. The Kier molecular flexibility index (Phi) is 5.90. The molecule has 1 amide bonds. The van der Waals surface area contributed by atoms with Crippen molar-refractivity contribution in [2.24, 2.45) is 5.73 Å². The molecule has 2 rings (SSSR count). The molecule has 4 nitrogen and oxygen atoms in total. The number of carbonyl (C=O) groups is 1. The zero-order valence-electron chi connectivity index (χ0n) is 11.9. The van der Waals surface area contributed by atoms with Gasteiger partial charge in [0.05, 0.1) is 10.7 Å². The van der Waals surface area contributed by atoms with Crippen molar-refractivity contribution in [2.45, 2.75) is 6.43 Å². The Morgan fingerprint density at radius 3 is 2.62 bits per heavy atom. The van der Waals surface area contributed by atoms with E-state index in [1.54, 1.807) is 0 Å². The molecule has 2 N–H and O–H groups in total. The number of halogens is 5. The van der Waals surface area contributed by atoms with E-state index in [0.29, 0.717) is 0 Å². The summed E-state index contributed by atoms with van der Waals surface area (Å²) in [5.41, 5.74) is 5.06. The standard InChI is InChI=1S/C15H10Cl2F3N2O2/c16-8-2-9(15(10(17)3-8)24-6-13(19)20)7-1-11(18)12(22-5-7)4-14(21)23/h1-5,13H,6H2,(H2,21,23). The van der Waals surface area contributed by atoms with Crippen LogP contribution >= 0.6 is 23.2 Å². The average molecular weight is 378 g/mol. The highest BCUT2D eigenvalue weighted by molar-refractivity contribution is 6.36. The van der Waals surface area contributed by atoms with E-state index in [2.05, 4.69) is 4.98 Å². The highest BCUT2D eigenvalue weighted by Gasteiger charge is 2.17. The van der Waals surface area contributed by atoms with Crippen LogP contribution in [0.15, 0.2) is 24.4 Å². The number of rotatable bonds is 6. The lowest BCUT2D eigenvalue weighted by Gasteiger charge is -2.14. The first-order valence-electron chi connectivity index (χ1n) is 6.48. The summed E-state index contributed by atoms with van der Waals surface area (Å²) in [6.07, 6.45) is -0.681. The Hall–Kier alpha value is -1.99. The van der Waals surface area contributed by atoms with Crippen LogP contribution in [0.4, 0.5) is 13.2 Å². The number of nitrogens with zero attached hydrogens (tertiary/aromatic N) is 1. The molecule has 0 saturated carbocycles. The van der Waals surface area contributed by atoms with E-state index in [1.807, 2.05) is 0 Å². The number of hydrogen-bond donors (Lipinski definition) is 1. The van der Waals surface area contributed by atoms with Crippen LogP contribution in [0.25, 0.3) is 11.1 Å². The van der Waals surface area contributed by atoms with Gasteiger partial charge >= 0.3 is 0 Å². The first-order valence-corrected chi connectivity index (χ1v) is 7.23. The maximum absolute atomic E-state index is 14.0. The molecule has 0 fully saturated rings. The summed E-state index contributed by atoms with van der Waals surface area (Å²) in [4.78, 5) is 14.6. The lowest BCUT2D eigenvalue weighted by Crippen LogP contribution is -2.13. The number of hydrogen-bond acceptors (Lipinski definition) is 3. The number of ether oxygens (including phenoxy) is 1. The van der Waals surface area contributed by atoms with Crippen molar-refractivity contribution >= 4 is 29.1 Å². The Morgan fingerprint density at radius 1 is 1.33 bits per heavy atom. The van der Waals surface area contributed by atoms with Gasteiger partial charge in [0.1, 0.15) is 24.6 Å². The molecule has 2 aromatic rings. The van der Waals surface area contributed by atoms with E-state index in [0.717, 1.165) is 12.5 Å². The van der Waals surface area contributed by atoms with Crippen molar-refractivity contribution in [2.75, 3.05) is 6.61 Å². The van der Waals surface area contributed by atoms with Crippen LogP contribution in [0.3, 0.4) is 0 Å². The predicted octanol–water partition coefficient (Wildman–Crippen LogP) is 3.88. The molecule has 1 aromatic carbocycles. The molecule has 0 aliphatic rings. The number of nitrogens with two attached hydrogens (primary N) is 1. The van der Waals surface area contributed by atoms with E-state index in [9.17, 15) is 18.0 Å². The van der Waals surface area contributed by atoms with Gasteiger partial charge in [-0.05, 0) is 18.2 Å². The molecule has 0 spiro atoms. The molecule has 1 heterocycles. The summed E-state index contributed by atoms with van der Waals surface area (Å²) in [5, 5.41) is 0.193. The highest BCUT2D eigenvalue weighted by Crippen LogP contribution is 2.39. The maximum atomic E-state index is 14.0. The fourth-order valence-electron chi connectivity index (χ4n) is 1.90. The number of primary amides is 1. The quantitative estimate of drug-likeness (QED) is 0.830. The Bertz CT molecular complexity index is 773. The smallest absolute Gasteiger partial charge is 0.272 e. The largest absolute Gasteiger partial charge is 0.485 e. The van der Waals surface area contributed by atoms with Crippen LogP contribution < -0.4 is 10.5 Å². The molecule has 1 aromatic heterocycles. The third-order valence-corrected chi connectivity index (χ3v) is 3.32. The third-order valence-electron chi connectivity index (χ3n) is 2.82. The average Bonchev–Trinajstić information content (AvgIpc) is 2.47. The van der Waals surface area contributed by atoms with Crippen molar-refractivity contribution < 1.29 is 22.7 Å². The first kappa shape index (κ1) is 18.4. The number of amides is 1. The van der Waals surface area contributed by atoms with Crippen molar-refractivity contribution in [1.29, 1.82) is 0 Å². The Balaban J connectivity index is 2.47. The fourth-order valence-corrected chi connectivity index (χ4v) is 2.45. The van der Waals surface area contributed by atoms with E-state index >= 15 is 0 Å². The van der Waals surface area contributed by atoms with Gasteiger partial charge in [0, 0.05) is 22.3 Å². The van der Waals surface area contributed by atoms with E-state index < -0.39 is 24.8 Å². The minimum absolute atomic E-state index is 0.00802. The van der Waals surface area contributed by atoms with Crippen LogP contribution in [0, 0.1) is 12.2 Å². The van der Waals surface area contributed by atoms with Crippen LogP contribution in [-0.4, -0.2) is 23.9 Å². The van der Waals surface area contributed by atoms with Crippen LogP contribution in [0.1, 0.15) is 5.69 Å². The van der Waals surface area contributed by atoms with Gasteiger partial charge in [-0.3, -0.25) is 9.78 Å². The van der Waals surface area contributed by atoms with Gasteiger partial charge in [-0.1, -0.05) is 23.2 Å². The minimum atomic E-state index is -2.72. The Morgan fingerprint density at radius 2 is 2.04 bits per heavy atom. The lowest BCUT2D eigenvalue weighted by molar-refractivity contribution is -0.114. The van der Waals surface area contributed by atoms with Crippen molar-refractivity contribution in [3.63, 3.8) is 0 Å². The van der Waals surface area contributed by atoms with Gasteiger partial charge in [0.25, 0.3) is 6.43 Å². The molecular weight excluding hydrogens is 368 g/mol. The second kappa shape index (κ2) is 7.72. The molecule has 127 valence electrons. The minimum Gasteiger partial charge on any atom is -0.485 e. The maximum Gasteiger partial charge on any atom is 0.272 e. The zero-order valence-corrected chi connectivity index (χ0v) is 13.4. The molecule has 1 radical (unpaired) electrons. The summed E-state index contributed by atoms with van der Waals surface area (Å²) in [6, 6.07) is 3.73. The summed E-state index contributed by atoms with van der Waals surface area (Å²) in [6.45, 7) is -0.891. The van der Waals surface area contributed by atoms with Gasteiger partial charge in [-0.2, -0.15) is 0 Å². The van der Waals surface area contributed by atoms with Gasteiger partial charge < -0.3 is 10.5 Å². The van der Waals surface area contributed by atoms with Crippen molar-refractivity contribution in [1.82, 2.24) is 4.98 Å². The second-order valence-electron chi connectivity index (χ2n) is 4.60. The second-order valence-corrected chi connectivity index (χ2v) is 5.45. The first-order chi connectivity index (χ1) is 11.3. The highest BCUT2D eigenvalue weighted by atomic mass is 35.5. The van der Waals surface area contributed by atoms with E-state index in [1.165, 1.54) is 18.3 Å².